The Kier molecular flexibility index (Phi) is 4.86. The van der Waals surface area contributed by atoms with Gasteiger partial charge in [0.1, 0.15) is 5.15 Å². The van der Waals surface area contributed by atoms with Gasteiger partial charge in [0.25, 0.3) is 0 Å². The summed E-state index contributed by atoms with van der Waals surface area (Å²) in [4.78, 5) is 5.96. The second-order valence-electron chi connectivity index (χ2n) is 6.44. The molecular formula is C17H16ClF3N4O. The number of pyridine rings is 1. The molecule has 0 bridgehead atoms. The van der Waals surface area contributed by atoms with E-state index in [-0.39, 0.29) is 15.4 Å². The second-order valence-corrected chi connectivity index (χ2v) is 6.82. The topological polar surface area (TPSA) is 54.2 Å². The van der Waals surface area contributed by atoms with Gasteiger partial charge in [-0.05, 0) is 19.8 Å². The molecule has 3 heterocycles. The van der Waals surface area contributed by atoms with Crippen LogP contribution in [0.1, 0.15) is 30.9 Å². The Bertz CT molecular complexity index is 867. The van der Waals surface area contributed by atoms with Gasteiger partial charge in [0, 0.05) is 31.5 Å². The monoisotopic (exact) mass is 384 g/mol. The molecule has 0 unspecified atom stereocenters. The van der Waals surface area contributed by atoms with Gasteiger partial charge in [-0.1, -0.05) is 23.4 Å². The zero-order valence-corrected chi connectivity index (χ0v) is 14.6. The molecular weight excluding hydrogens is 369 g/mol. The molecule has 0 saturated carbocycles. The van der Waals surface area contributed by atoms with E-state index < -0.39 is 11.9 Å². The molecule has 0 radical (unpaired) electrons. The highest BCUT2D eigenvalue weighted by atomic mass is 35.5. The van der Waals surface area contributed by atoms with Crippen molar-refractivity contribution in [2.24, 2.45) is 0 Å². The highest BCUT2D eigenvalue weighted by Gasteiger charge is 2.31. The summed E-state index contributed by atoms with van der Waals surface area (Å²) in [6, 6.07) is 1.64. The summed E-state index contributed by atoms with van der Waals surface area (Å²) in [5.41, 5.74) is 0.522. The first-order valence-electron chi connectivity index (χ1n) is 7.91. The molecule has 0 amide bonds. The predicted molar refractivity (Wildman–Crippen MR) is 90.8 cm³/mol. The lowest BCUT2D eigenvalue weighted by Gasteiger charge is -2.38. The summed E-state index contributed by atoms with van der Waals surface area (Å²) in [6.07, 6.45) is 0.267. The van der Waals surface area contributed by atoms with Gasteiger partial charge in [-0.25, -0.2) is 4.98 Å². The fourth-order valence-electron chi connectivity index (χ4n) is 2.87. The van der Waals surface area contributed by atoms with E-state index in [4.69, 9.17) is 11.6 Å². The third kappa shape index (κ3) is 4.29. The van der Waals surface area contributed by atoms with Gasteiger partial charge in [0.2, 0.25) is 0 Å². The number of piperidine rings is 1. The highest BCUT2D eigenvalue weighted by molar-refractivity contribution is 6.29. The van der Waals surface area contributed by atoms with Crippen molar-refractivity contribution in [1.82, 2.24) is 14.8 Å². The minimum absolute atomic E-state index is 0.0974. The van der Waals surface area contributed by atoms with Crippen LogP contribution in [0, 0.1) is 11.8 Å². The van der Waals surface area contributed by atoms with Gasteiger partial charge < -0.3 is 10.0 Å². The maximum Gasteiger partial charge on any atom is 0.504 e. The number of hydrogen-bond acceptors (Lipinski definition) is 4. The summed E-state index contributed by atoms with van der Waals surface area (Å²) in [7, 11) is 0. The van der Waals surface area contributed by atoms with Crippen molar-refractivity contribution in [2.45, 2.75) is 31.7 Å². The fourth-order valence-corrected chi connectivity index (χ4v) is 3.02. The van der Waals surface area contributed by atoms with Crippen LogP contribution in [0.4, 0.5) is 18.9 Å². The molecule has 1 fully saturated rings. The SMILES string of the molecule is C[C@]1(O)CCCN(c2cc(Cl)ncc2C#Cc2cnn(C(F)(F)F)c2)C1. The summed E-state index contributed by atoms with van der Waals surface area (Å²) < 4.78 is 37.7. The highest BCUT2D eigenvalue weighted by Crippen LogP contribution is 2.29. The van der Waals surface area contributed by atoms with Crippen LogP contribution in [0.3, 0.4) is 0 Å². The van der Waals surface area contributed by atoms with Crippen molar-refractivity contribution in [2.75, 3.05) is 18.0 Å². The third-order valence-corrected chi connectivity index (χ3v) is 4.25. The van der Waals surface area contributed by atoms with Gasteiger partial charge in [-0.3, -0.25) is 0 Å². The normalized spacial score (nSPS) is 20.6. The number of nitrogens with zero attached hydrogens (tertiary/aromatic N) is 4. The molecule has 3 rings (SSSR count). The molecule has 26 heavy (non-hydrogen) atoms. The Hall–Kier alpha value is -2.24. The Morgan fingerprint density at radius 1 is 1.31 bits per heavy atom. The lowest BCUT2D eigenvalue weighted by Crippen LogP contribution is -2.46. The second kappa shape index (κ2) is 6.82. The van der Waals surface area contributed by atoms with E-state index in [1.165, 1.54) is 6.20 Å². The molecule has 1 aliphatic heterocycles. The van der Waals surface area contributed by atoms with E-state index >= 15 is 0 Å². The summed E-state index contributed by atoms with van der Waals surface area (Å²) in [5, 5.41) is 13.8. The molecule has 1 atom stereocenters. The minimum Gasteiger partial charge on any atom is -0.388 e. The van der Waals surface area contributed by atoms with Crippen LogP contribution in [-0.4, -0.2) is 38.6 Å². The number of aliphatic hydroxyl groups is 1. The number of alkyl halides is 3. The Balaban J connectivity index is 1.91. The van der Waals surface area contributed by atoms with Gasteiger partial charge >= 0.3 is 6.30 Å². The molecule has 1 N–H and O–H groups in total. The van der Waals surface area contributed by atoms with E-state index in [0.717, 1.165) is 25.4 Å². The molecule has 9 heteroatoms. The molecule has 138 valence electrons. The average molecular weight is 385 g/mol. The number of anilines is 1. The Morgan fingerprint density at radius 2 is 2.08 bits per heavy atom. The van der Waals surface area contributed by atoms with Crippen LogP contribution < -0.4 is 4.90 Å². The Morgan fingerprint density at radius 3 is 2.73 bits per heavy atom. The molecule has 0 aromatic carbocycles. The first-order valence-corrected chi connectivity index (χ1v) is 8.29. The molecule has 5 nitrogen and oxygen atoms in total. The first kappa shape index (κ1) is 18.5. The molecule has 0 aliphatic carbocycles. The zero-order valence-electron chi connectivity index (χ0n) is 13.9. The Labute approximate surface area is 153 Å². The molecule has 2 aromatic rings. The standard InChI is InChI=1S/C17H16ClF3N4O/c1-16(26)5-2-6-24(11-16)14-7-15(18)22-9-13(14)4-3-12-8-23-25(10-12)17(19,20)21/h7-10,26H,2,5-6,11H2,1H3/t16-/m0/s1. The quantitative estimate of drug-likeness (QED) is 0.606. The smallest absolute Gasteiger partial charge is 0.388 e. The van der Waals surface area contributed by atoms with Gasteiger partial charge in [-0.15, -0.1) is 13.2 Å². The van der Waals surface area contributed by atoms with Gasteiger partial charge in [0.15, 0.2) is 0 Å². The lowest BCUT2D eigenvalue weighted by molar-refractivity contribution is -0.212. The van der Waals surface area contributed by atoms with Crippen molar-refractivity contribution >= 4 is 17.3 Å². The van der Waals surface area contributed by atoms with Crippen molar-refractivity contribution < 1.29 is 18.3 Å². The number of hydrogen-bond donors (Lipinski definition) is 1. The molecule has 1 saturated heterocycles. The average Bonchev–Trinajstić information content (AvgIpc) is 3.02. The van der Waals surface area contributed by atoms with Crippen molar-refractivity contribution in [1.29, 1.82) is 0 Å². The summed E-state index contributed by atoms with van der Waals surface area (Å²) >= 11 is 5.99. The molecule has 0 spiro atoms. The van der Waals surface area contributed by atoms with E-state index in [1.54, 1.807) is 13.0 Å². The van der Waals surface area contributed by atoms with Crippen molar-refractivity contribution in [3.63, 3.8) is 0 Å². The fraction of sp³-hybridized carbons (Fsp3) is 0.412. The zero-order chi connectivity index (χ0) is 18.9. The summed E-state index contributed by atoms with van der Waals surface area (Å²) in [5.74, 6) is 5.50. The first-order chi connectivity index (χ1) is 12.1. The van der Waals surface area contributed by atoms with Crippen LogP contribution >= 0.6 is 11.6 Å². The van der Waals surface area contributed by atoms with Gasteiger partial charge in [0.05, 0.1) is 28.6 Å². The van der Waals surface area contributed by atoms with Crippen molar-refractivity contribution in [3.8, 4) is 11.8 Å². The van der Waals surface area contributed by atoms with E-state index in [1.807, 2.05) is 4.90 Å². The maximum atomic E-state index is 12.6. The van der Waals surface area contributed by atoms with Crippen LogP contribution in [-0.2, 0) is 6.30 Å². The van der Waals surface area contributed by atoms with Crippen LogP contribution in [0.5, 0.6) is 0 Å². The lowest BCUT2D eigenvalue weighted by atomic mass is 9.94. The number of aromatic nitrogens is 3. The maximum absolute atomic E-state index is 12.6. The number of halogens is 4. The minimum atomic E-state index is -4.58. The van der Waals surface area contributed by atoms with E-state index in [0.29, 0.717) is 24.2 Å². The van der Waals surface area contributed by atoms with Crippen LogP contribution in [0.2, 0.25) is 5.15 Å². The largest absolute Gasteiger partial charge is 0.504 e. The van der Waals surface area contributed by atoms with Gasteiger partial charge in [-0.2, -0.15) is 9.78 Å². The van der Waals surface area contributed by atoms with Crippen LogP contribution in [0.25, 0.3) is 0 Å². The van der Waals surface area contributed by atoms with Crippen molar-refractivity contribution in [3.05, 3.63) is 40.9 Å². The molecule has 1 aliphatic rings. The molecule has 2 aromatic heterocycles. The third-order valence-electron chi connectivity index (χ3n) is 4.05. The van der Waals surface area contributed by atoms with E-state index in [9.17, 15) is 18.3 Å². The predicted octanol–water partition coefficient (Wildman–Crippen LogP) is 3.16. The van der Waals surface area contributed by atoms with E-state index in [2.05, 4.69) is 21.9 Å². The number of β-amino-alcohol motifs (C(OH)–C–C–N with tert-alkyl or cyclic N) is 1. The summed E-state index contributed by atoms with van der Waals surface area (Å²) in [6.45, 7) is 2.89. The number of rotatable bonds is 1. The van der Waals surface area contributed by atoms with Crippen LogP contribution in [0.15, 0.2) is 24.7 Å².